The summed E-state index contributed by atoms with van der Waals surface area (Å²) in [6, 6.07) is 8.97. The molecule has 1 N–H and O–H groups in total. The molecule has 1 aromatic rings. The summed E-state index contributed by atoms with van der Waals surface area (Å²) in [5.41, 5.74) is 1.18. The van der Waals surface area contributed by atoms with Crippen molar-refractivity contribution in [2.45, 2.75) is 63.8 Å². The Balaban J connectivity index is 0.00000341. The molecule has 1 heterocycles. The number of unbranched alkanes of at least 4 members (excludes halogenated alkanes) is 1. The molecule has 1 unspecified atom stereocenters. The van der Waals surface area contributed by atoms with Crippen LogP contribution in [0.4, 0.5) is 0 Å². The predicted molar refractivity (Wildman–Crippen MR) is 114 cm³/mol. The molecule has 0 spiro atoms. The molecule has 8 heteroatoms. The van der Waals surface area contributed by atoms with E-state index in [2.05, 4.69) is 0 Å². The molecule has 2 fully saturated rings. The van der Waals surface area contributed by atoms with Crippen molar-refractivity contribution in [3.63, 3.8) is 0 Å². The van der Waals surface area contributed by atoms with E-state index in [9.17, 15) is 24.2 Å². The van der Waals surface area contributed by atoms with E-state index in [1.54, 1.807) is 0 Å². The third-order valence-corrected chi connectivity index (χ3v) is 8.47. The molecule has 6 nitrogen and oxygen atoms in total. The first-order valence-corrected chi connectivity index (χ1v) is 13.2. The molecule has 31 heavy (non-hydrogen) atoms. The first-order chi connectivity index (χ1) is 14.4. The minimum absolute atomic E-state index is 0. The van der Waals surface area contributed by atoms with Crippen LogP contribution in [0.15, 0.2) is 30.3 Å². The zero-order valence-electron chi connectivity index (χ0n) is 18.6. The van der Waals surface area contributed by atoms with Crippen molar-refractivity contribution in [2.24, 2.45) is 11.8 Å². The van der Waals surface area contributed by atoms with Crippen molar-refractivity contribution in [1.82, 2.24) is 4.90 Å². The summed E-state index contributed by atoms with van der Waals surface area (Å²) >= 11 is 0. The van der Waals surface area contributed by atoms with Crippen molar-refractivity contribution in [1.29, 1.82) is 0 Å². The molecule has 0 aromatic heterocycles. The van der Waals surface area contributed by atoms with E-state index in [-0.39, 0.29) is 41.6 Å². The molecular formula is C23H33NNaO5P. The van der Waals surface area contributed by atoms with Crippen LogP contribution in [0.25, 0.3) is 0 Å². The average molecular weight is 457 g/mol. The van der Waals surface area contributed by atoms with Gasteiger partial charge in [-0.1, -0.05) is 62.4 Å². The summed E-state index contributed by atoms with van der Waals surface area (Å²) in [4.78, 5) is 36.0. The predicted octanol–water partition coefficient (Wildman–Crippen LogP) is -0.169. The molecule has 166 valence electrons. The maximum absolute atomic E-state index is 12.8. The second kappa shape index (κ2) is 12.6. The van der Waals surface area contributed by atoms with Crippen LogP contribution in [0.2, 0.25) is 0 Å². The number of likely N-dealkylation sites (tertiary alicyclic amines) is 1. The fourth-order valence-electron chi connectivity index (χ4n) is 5.03. The van der Waals surface area contributed by atoms with Crippen LogP contribution in [-0.4, -0.2) is 46.6 Å². The van der Waals surface area contributed by atoms with Gasteiger partial charge in [-0.05, 0) is 43.1 Å². The quantitative estimate of drug-likeness (QED) is 0.316. The first-order valence-electron chi connectivity index (χ1n) is 11.2. The van der Waals surface area contributed by atoms with Gasteiger partial charge in [-0.15, -0.1) is 0 Å². The molecule has 1 saturated carbocycles. The third kappa shape index (κ3) is 8.01. The second-order valence-electron chi connectivity index (χ2n) is 8.95. The second-order valence-corrected chi connectivity index (χ2v) is 11.4. The number of nitrogens with zero attached hydrogens (tertiary/aromatic N) is 1. The average Bonchev–Trinajstić information content (AvgIpc) is 3.19. The molecule has 1 amide bonds. The molecule has 0 radical (unpaired) electrons. The summed E-state index contributed by atoms with van der Waals surface area (Å²) in [6.45, 7) is 0.371. The zero-order chi connectivity index (χ0) is 21.6. The summed E-state index contributed by atoms with van der Waals surface area (Å²) in [6.07, 6.45) is 7.86. The number of hydrogen-bond acceptors (Lipinski definition) is 4. The molecule has 1 saturated heterocycles. The number of rotatable bonds is 9. The van der Waals surface area contributed by atoms with Crippen molar-refractivity contribution in [3.05, 3.63) is 35.9 Å². The van der Waals surface area contributed by atoms with Gasteiger partial charge in [0.1, 0.15) is 6.16 Å². The number of aliphatic carboxylic acids is 1. The Labute approximate surface area is 207 Å². The van der Waals surface area contributed by atoms with Crippen LogP contribution >= 0.6 is 7.37 Å². The number of amides is 1. The Kier molecular flexibility index (Phi) is 10.8. The Hall–Kier alpha value is -0.650. The van der Waals surface area contributed by atoms with Crippen molar-refractivity contribution in [3.8, 4) is 0 Å². The van der Waals surface area contributed by atoms with E-state index < -0.39 is 31.4 Å². The molecule has 2 aliphatic rings. The number of aryl methyl sites for hydroxylation is 1. The van der Waals surface area contributed by atoms with E-state index in [1.807, 2.05) is 30.3 Å². The Bertz CT molecular complexity index is 768. The molecule has 1 aliphatic heterocycles. The molecule has 3 atom stereocenters. The van der Waals surface area contributed by atoms with Gasteiger partial charge in [0.25, 0.3) is 0 Å². The minimum atomic E-state index is -3.64. The largest absolute Gasteiger partial charge is 1.00 e. The summed E-state index contributed by atoms with van der Waals surface area (Å²) in [7, 11) is -3.64. The standard InChI is InChI=1S/C23H34NO5P.Na/c25-22(17-30(28,29)14-8-7-11-18-9-3-1-4-10-18)24-16-20(15-21(24)23(26)27)19-12-5-2-6-13-19;/h1,3-4,9-10,19-21H,2,5-8,11-17H2,(H,26,27)(H,28,29);/q;+1/p-1/t20-,21-;/m0./s1. The van der Waals surface area contributed by atoms with E-state index in [0.717, 1.165) is 38.5 Å². The number of carboxylic acid groups (broad SMARTS) is 1. The van der Waals surface area contributed by atoms with Gasteiger partial charge in [0.2, 0.25) is 13.3 Å². The number of benzene rings is 1. The maximum atomic E-state index is 12.8. The SMILES string of the molecule is O=C([O-])[C@@H]1C[C@H](C2CCCCC2)CN1C(=O)CP(=O)(O)CCCCc1ccccc1.[Na+]. The molecule has 1 aromatic carbocycles. The van der Waals surface area contributed by atoms with Crippen LogP contribution in [0.1, 0.15) is 56.9 Å². The fourth-order valence-corrected chi connectivity index (χ4v) is 6.51. The number of hydrogen-bond donors (Lipinski definition) is 1. The van der Waals surface area contributed by atoms with Crippen molar-refractivity contribution in [2.75, 3.05) is 18.9 Å². The van der Waals surface area contributed by atoms with Gasteiger partial charge in [0, 0.05) is 12.7 Å². The maximum Gasteiger partial charge on any atom is 1.00 e. The third-order valence-electron chi connectivity index (χ3n) is 6.69. The Morgan fingerprint density at radius 3 is 2.39 bits per heavy atom. The van der Waals surface area contributed by atoms with Gasteiger partial charge in [-0.25, -0.2) is 0 Å². The van der Waals surface area contributed by atoms with Crippen LogP contribution in [0.3, 0.4) is 0 Å². The fraction of sp³-hybridized carbons (Fsp3) is 0.652. The van der Waals surface area contributed by atoms with E-state index in [0.29, 0.717) is 25.3 Å². The normalized spacial score (nSPS) is 23.7. The zero-order valence-corrected chi connectivity index (χ0v) is 21.5. The van der Waals surface area contributed by atoms with E-state index in [4.69, 9.17) is 0 Å². The van der Waals surface area contributed by atoms with Gasteiger partial charge < -0.3 is 19.7 Å². The summed E-state index contributed by atoms with van der Waals surface area (Å²) in [5, 5.41) is 11.6. The van der Waals surface area contributed by atoms with Crippen LogP contribution in [-0.2, 0) is 20.6 Å². The van der Waals surface area contributed by atoms with Gasteiger partial charge >= 0.3 is 29.6 Å². The number of carbonyl (C=O) groups excluding carboxylic acids is 2. The van der Waals surface area contributed by atoms with Gasteiger partial charge in [-0.3, -0.25) is 9.36 Å². The van der Waals surface area contributed by atoms with Crippen LogP contribution in [0.5, 0.6) is 0 Å². The number of carboxylic acids is 1. The monoisotopic (exact) mass is 457 g/mol. The first kappa shape index (κ1) is 26.6. The minimum Gasteiger partial charge on any atom is -0.548 e. The Morgan fingerprint density at radius 2 is 1.74 bits per heavy atom. The number of carbonyl (C=O) groups is 2. The summed E-state index contributed by atoms with van der Waals surface area (Å²) < 4.78 is 12.6. The van der Waals surface area contributed by atoms with Crippen molar-refractivity contribution < 1.29 is 53.7 Å². The molecule has 0 bridgehead atoms. The Morgan fingerprint density at radius 1 is 1.06 bits per heavy atom. The van der Waals surface area contributed by atoms with Gasteiger partial charge in [0.05, 0.1) is 12.0 Å². The van der Waals surface area contributed by atoms with Gasteiger partial charge in [0.15, 0.2) is 0 Å². The summed E-state index contributed by atoms with van der Waals surface area (Å²) in [5.74, 6) is -1.17. The smallest absolute Gasteiger partial charge is 0.548 e. The van der Waals surface area contributed by atoms with E-state index >= 15 is 0 Å². The molecule has 3 rings (SSSR count). The van der Waals surface area contributed by atoms with Crippen LogP contribution in [0, 0.1) is 11.8 Å². The van der Waals surface area contributed by atoms with Gasteiger partial charge in [-0.2, -0.15) is 0 Å². The molecule has 1 aliphatic carbocycles. The topological polar surface area (TPSA) is 97.7 Å². The van der Waals surface area contributed by atoms with Crippen molar-refractivity contribution >= 4 is 19.2 Å². The molecular weight excluding hydrogens is 424 g/mol. The van der Waals surface area contributed by atoms with Crippen LogP contribution < -0.4 is 34.7 Å². The van der Waals surface area contributed by atoms with E-state index in [1.165, 1.54) is 16.9 Å².